The third-order valence-electron chi connectivity index (χ3n) is 3.32. The number of nitrogens with zero attached hydrogens (tertiary/aromatic N) is 2. The number of hydrogen-bond acceptors (Lipinski definition) is 4. The summed E-state index contributed by atoms with van der Waals surface area (Å²) in [6, 6.07) is 4.00. The molecular weight excluding hydrogens is 216 g/mol. The second-order valence-electron chi connectivity index (χ2n) is 4.61. The van der Waals surface area contributed by atoms with Crippen LogP contribution in [0.3, 0.4) is 0 Å². The van der Waals surface area contributed by atoms with Gasteiger partial charge in [0.1, 0.15) is 5.82 Å². The van der Waals surface area contributed by atoms with Gasteiger partial charge in [-0.15, -0.1) is 0 Å². The topological polar surface area (TPSA) is 85.2 Å². The Morgan fingerprint density at radius 3 is 2.82 bits per heavy atom. The standard InChI is InChI=1S/C12H18N4O/c1-8-4-9(5-13)7-16(8)11-3-2-10(6-15-11)12(14)17/h2-3,6,8-9H,4-5,7,13H2,1H3,(H2,14,17). The fourth-order valence-electron chi connectivity index (χ4n) is 2.33. The van der Waals surface area contributed by atoms with Crippen molar-refractivity contribution in [1.82, 2.24) is 4.98 Å². The molecule has 92 valence electrons. The maximum absolute atomic E-state index is 10.9. The lowest BCUT2D eigenvalue weighted by Gasteiger charge is -2.22. The van der Waals surface area contributed by atoms with E-state index < -0.39 is 5.91 Å². The Kier molecular flexibility index (Phi) is 3.28. The molecule has 4 N–H and O–H groups in total. The maximum Gasteiger partial charge on any atom is 0.250 e. The largest absolute Gasteiger partial charge is 0.366 e. The first-order valence-electron chi connectivity index (χ1n) is 5.84. The second kappa shape index (κ2) is 4.71. The zero-order valence-corrected chi connectivity index (χ0v) is 9.97. The van der Waals surface area contributed by atoms with Gasteiger partial charge >= 0.3 is 0 Å². The minimum Gasteiger partial charge on any atom is -0.366 e. The number of primary amides is 1. The van der Waals surface area contributed by atoms with Crippen LogP contribution in [0.15, 0.2) is 18.3 Å². The molecule has 1 aliphatic heterocycles. The molecule has 5 heteroatoms. The predicted octanol–water partition coefficient (Wildman–Crippen LogP) is 0.354. The lowest BCUT2D eigenvalue weighted by molar-refractivity contribution is 0.1000. The summed E-state index contributed by atoms with van der Waals surface area (Å²) in [4.78, 5) is 17.5. The Bertz CT molecular complexity index is 403. The van der Waals surface area contributed by atoms with Crippen molar-refractivity contribution < 1.29 is 4.79 Å². The molecule has 0 bridgehead atoms. The summed E-state index contributed by atoms with van der Waals surface area (Å²) in [5.74, 6) is 0.972. The summed E-state index contributed by atoms with van der Waals surface area (Å²) >= 11 is 0. The van der Waals surface area contributed by atoms with Crippen LogP contribution in [0.5, 0.6) is 0 Å². The number of pyridine rings is 1. The van der Waals surface area contributed by atoms with Crippen molar-refractivity contribution in [1.29, 1.82) is 0 Å². The molecule has 1 aromatic heterocycles. The molecule has 2 atom stereocenters. The highest BCUT2D eigenvalue weighted by Gasteiger charge is 2.28. The van der Waals surface area contributed by atoms with E-state index in [9.17, 15) is 4.79 Å². The van der Waals surface area contributed by atoms with E-state index in [-0.39, 0.29) is 0 Å². The van der Waals surface area contributed by atoms with Gasteiger partial charge in [-0.2, -0.15) is 0 Å². The van der Waals surface area contributed by atoms with Crippen molar-refractivity contribution in [2.45, 2.75) is 19.4 Å². The number of rotatable bonds is 3. The zero-order chi connectivity index (χ0) is 12.4. The van der Waals surface area contributed by atoms with Gasteiger partial charge in [-0.05, 0) is 37.9 Å². The summed E-state index contributed by atoms with van der Waals surface area (Å²) in [6.07, 6.45) is 2.62. The number of hydrogen-bond donors (Lipinski definition) is 2. The Hall–Kier alpha value is -1.62. The van der Waals surface area contributed by atoms with E-state index in [2.05, 4.69) is 16.8 Å². The molecule has 17 heavy (non-hydrogen) atoms. The Labute approximate surface area is 101 Å². The average Bonchev–Trinajstić information content (AvgIpc) is 2.71. The monoisotopic (exact) mass is 234 g/mol. The molecule has 0 radical (unpaired) electrons. The van der Waals surface area contributed by atoms with Gasteiger partial charge in [-0.25, -0.2) is 4.98 Å². The van der Waals surface area contributed by atoms with Gasteiger partial charge in [0.15, 0.2) is 0 Å². The SMILES string of the molecule is CC1CC(CN)CN1c1ccc(C(N)=O)cn1. The first kappa shape index (κ1) is 11.9. The van der Waals surface area contributed by atoms with Gasteiger partial charge in [0.2, 0.25) is 5.91 Å². The van der Waals surface area contributed by atoms with Crippen molar-refractivity contribution in [2.24, 2.45) is 17.4 Å². The van der Waals surface area contributed by atoms with Gasteiger partial charge < -0.3 is 16.4 Å². The Morgan fingerprint density at radius 1 is 1.59 bits per heavy atom. The Morgan fingerprint density at radius 2 is 2.35 bits per heavy atom. The average molecular weight is 234 g/mol. The van der Waals surface area contributed by atoms with E-state index >= 15 is 0 Å². The van der Waals surface area contributed by atoms with Gasteiger partial charge in [-0.3, -0.25) is 4.79 Å². The first-order chi connectivity index (χ1) is 8.11. The summed E-state index contributed by atoms with van der Waals surface area (Å²) in [5.41, 5.74) is 11.3. The van der Waals surface area contributed by atoms with Crippen LogP contribution in [0.25, 0.3) is 0 Å². The second-order valence-corrected chi connectivity index (χ2v) is 4.61. The van der Waals surface area contributed by atoms with Crippen molar-refractivity contribution >= 4 is 11.7 Å². The van der Waals surface area contributed by atoms with Crippen LogP contribution >= 0.6 is 0 Å². The molecule has 2 heterocycles. The molecule has 0 aliphatic carbocycles. The molecular formula is C12H18N4O. The molecule has 1 saturated heterocycles. The predicted molar refractivity (Wildman–Crippen MR) is 66.7 cm³/mol. The fourth-order valence-corrected chi connectivity index (χ4v) is 2.33. The highest BCUT2D eigenvalue weighted by molar-refractivity contribution is 5.92. The van der Waals surface area contributed by atoms with E-state index in [1.54, 1.807) is 6.07 Å². The van der Waals surface area contributed by atoms with Gasteiger partial charge in [-0.1, -0.05) is 0 Å². The van der Waals surface area contributed by atoms with Crippen LogP contribution in [0.4, 0.5) is 5.82 Å². The number of nitrogens with two attached hydrogens (primary N) is 2. The molecule has 2 unspecified atom stereocenters. The third kappa shape index (κ3) is 2.39. The number of amides is 1. The van der Waals surface area contributed by atoms with Gasteiger partial charge in [0.25, 0.3) is 0 Å². The smallest absolute Gasteiger partial charge is 0.250 e. The molecule has 1 aromatic rings. The van der Waals surface area contributed by atoms with Gasteiger partial charge in [0, 0.05) is 18.8 Å². The van der Waals surface area contributed by atoms with E-state index in [0.29, 0.717) is 24.1 Å². The third-order valence-corrected chi connectivity index (χ3v) is 3.32. The highest BCUT2D eigenvalue weighted by Crippen LogP contribution is 2.26. The summed E-state index contributed by atoms with van der Waals surface area (Å²) < 4.78 is 0. The van der Waals surface area contributed by atoms with E-state index in [0.717, 1.165) is 18.8 Å². The molecule has 0 spiro atoms. The molecule has 1 amide bonds. The van der Waals surface area contributed by atoms with Crippen LogP contribution in [-0.4, -0.2) is 30.0 Å². The molecule has 1 fully saturated rings. The highest BCUT2D eigenvalue weighted by atomic mass is 16.1. The van der Waals surface area contributed by atoms with Gasteiger partial charge in [0.05, 0.1) is 5.56 Å². The summed E-state index contributed by atoms with van der Waals surface area (Å²) in [5, 5.41) is 0. The molecule has 2 rings (SSSR count). The number of carbonyl (C=O) groups is 1. The number of aromatic nitrogens is 1. The quantitative estimate of drug-likeness (QED) is 0.790. The van der Waals surface area contributed by atoms with Crippen molar-refractivity contribution in [2.75, 3.05) is 18.0 Å². The van der Waals surface area contributed by atoms with Crippen LogP contribution in [0.1, 0.15) is 23.7 Å². The molecule has 0 saturated carbocycles. The number of anilines is 1. The Balaban J connectivity index is 2.15. The molecule has 1 aliphatic rings. The number of carbonyl (C=O) groups excluding carboxylic acids is 1. The zero-order valence-electron chi connectivity index (χ0n) is 9.97. The van der Waals surface area contributed by atoms with Crippen LogP contribution in [-0.2, 0) is 0 Å². The van der Waals surface area contributed by atoms with Crippen molar-refractivity contribution in [3.8, 4) is 0 Å². The van der Waals surface area contributed by atoms with E-state index in [4.69, 9.17) is 11.5 Å². The summed E-state index contributed by atoms with van der Waals surface area (Å²) in [7, 11) is 0. The van der Waals surface area contributed by atoms with Crippen LogP contribution in [0, 0.1) is 5.92 Å². The minimum absolute atomic E-state index is 0.440. The van der Waals surface area contributed by atoms with E-state index in [1.165, 1.54) is 6.20 Å². The van der Waals surface area contributed by atoms with Crippen LogP contribution in [0.2, 0.25) is 0 Å². The van der Waals surface area contributed by atoms with Crippen molar-refractivity contribution in [3.63, 3.8) is 0 Å². The molecule has 5 nitrogen and oxygen atoms in total. The summed E-state index contributed by atoms with van der Waals surface area (Å²) in [6.45, 7) is 3.81. The maximum atomic E-state index is 10.9. The minimum atomic E-state index is -0.446. The lowest BCUT2D eigenvalue weighted by Crippen LogP contribution is -2.28. The molecule has 0 aromatic carbocycles. The first-order valence-corrected chi connectivity index (χ1v) is 5.84. The van der Waals surface area contributed by atoms with Crippen molar-refractivity contribution in [3.05, 3.63) is 23.9 Å². The fraction of sp³-hybridized carbons (Fsp3) is 0.500. The lowest BCUT2D eigenvalue weighted by atomic mass is 10.1. The van der Waals surface area contributed by atoms with E-state index in [1.807, 2.05) is 6.07 Å². The normalized spacial score (nSPS) is 24.0. The van der Waals surface area contributed by atoms with Crippen LogP contribution < -0.4 is 16.4 Å².